The minimum absolute atomic E-state index is 0.0771. The Morgan fingerprint density at radius 3 is 1.96 bits per heavy atom. The summed E-state index contributed by atoms with van der Waals surface area (Å²) in [5, 5.41) is 0.628. The highest BCUT2D eigenvalue weighted by Crippen LogP contribution is 2.26. The maximum Gasteiger partial charge on any atom is 0.207 e. The number of carbonyl (C=O) groups is 1. The van der Waals surface area contributed by atoms with Gasteiger partial charge in [-0.1, -0.05) is 72.3 Å². The summed E-state index contributed by atoms with van der Waals surface area (Å²) in [5.41, 5.74) is 1.44. The normalized spacial score (nSPS) is 11.7. The van der Waals surface area contributed by atoms with Crippen LogP contribution >= 0.6 is 11.6 Å². The largest absolute Gasteiger partial charge is 0.478 e. The Balaban J connectivity index is 1.94. The van der Waals surface area contributed by atoms with Crippen LogP contribution in [0.1, 0.15) is 22.0 Å². The molecule has 3 aromatic carbocycles. The maximum absolute atomic E-state index is 12.9. The van der Waals surface area contributed by atoms with Gasteiger partial charge in [-0.2, -0.15) is 0 Å². The Labute approximate surface area is 140 Å². The van der Waals surface area contributed by atoms with Gasteiger partial charge in [0.05, 0.1) is 0 Å². The molecule has 0 spiro atoms. The number of ether oxygens (including phenoxy) is 1. The van der Waals surface area contributed by atoms with Crippen LogP contribution in [0.5, 0.6) is 5.75 Å². The van der Waals surface area contributed by atoms with E-state index < -0.39 is 6.10 Å². The van der Waals surface area contributed by atoms with Crippen LogP contribution in [0.15, 0.2) is 84.9 Å². The van der Waals surface area contributed by atoms with Crippen LogP contribution in [0.2, 0.25) is 5.02 Å². The molecular formula is C20H15ClO2. The second-order valence-corrected chi connectivity index (χ2v) is 5.53. The van der Waals surface area contributed by atoms with Gasteiger partial charge in [0.15, 0.2) is 6.10 Å². The first-order chi connectivity index (χ1) is 11.2. The van der Waals surface area contributed by atoms with Gasteiger partial charge in [-0.15, -0.1) is 0 Å². The van der Waals surface area contributed by atoms with Crippen LogP contribution in [0.3, 0.4) is 0 Å². The van der Waals surface area contributed by atoms with Gasteiger partial charge in [-0.25, -0.2) is 0 Å². The minimum Gasteiger partial charge on any atom is -0.478 e. The molecular weight excluding hydrogens is 308 g/mol. The fourth-order valence-electron chi connectivity index (χ4n) is 2.30. The summed E-state index contributed by atoms with van der Waals surface area (Å²) in [6, 6.07) is 25.7. The molecule has 1 atom stereocenters. The number of benzene rings is 3. The molecule has 0 amide bonds. The van der Waals surface area contributed by atoms with Gasteiger partial charge in [-0.05, 0) is 24.3 Å². The number of rotatable bonds is 5. The minimum atomic E-state index is -0.695. The first-order valence-electron chi connectivity index (χ1n) is 7.30. The predicted octanol–water partition coefficient (Wildman–Crippen LogP) is 5.34. The van der Waals surface area contributed by atoms with E-state index in [-0.39, 0.29) is 5.78 Å². The van der Waals surface area contributed by atoms with E-state index in [0.29, 0.717) is 16.3 Å². The lowest BCUT2D eigenvalue weighted by atomic mass is 10.00. The lowest BCUT2D eigenvalue weighted by Crippen LogP contribution is -2.19. The molecule has 2 nitrogen and oxygen atoms in total. The van der Waals surface area contributed by atoms with Crippen molar-refractivity contribution in [3.63, 3.8) is 0 Å². The molecule has 3 heteroatoms. The summed E-state index contributed by atoms with van der Waals surface area (Å²) < 4.78 is 5.96. The van der Waals surface area contributed by atoms with Crippen molar-refractivity contribution in [2.24, 2.45) is 0 Å². The van der Waals surface area contributed by atoms with Crippen LogP contribution in [0, 0.1) is 0 Å². The van der Waals surface area contributed by atoms with Crippen LogP contribution < -0.4 is 4.74 Å². The highest BCUT2D eigenvalue weighted by atomic mass is 35.5. The summed E-state index contributed by atoms with van der Waals surface area (Å²) in [6.45, 7) is 0. The zero-order chi connectivity index (χ0) is 16.1. The fourth-order valence-corrected chi connectivity index (χ4v) is 2.43. The van der Waals surface area contributed by atoms with Crippen molar-refractivity contribution < 1.29 is 9.53 Å². The first-order valence-corrected chi connectivity index (χ1v) is 7.68. The van der Waals surface area contributed by atoms with Gasteiger partial charge < -0.3 is 4.74 Å². The Kier molecular flexibility index (Phi) is 4.74. The predicted molar refractivity (Wildman–Crippen MR) is 92.0 cm³/mol. The Morgan fingerprint density at radius 1 is 0.783 bits per heavy atom. The van der Waals surface area contributed by atoms with Gasteiger partial charge in [-0.3, -0.25) is 4.79 Å². The number of hydrogen-bond acceptors (Lipinski definition) is 2. The van der Waals surface area contributed by atoms with E-state index in [1.54, 1.807) is 36.4 Å². The zero-order valence-electron chi connectivity index (χ0n) is 12.4. The third-order valence-corrected chi connectivity index (χ3v) is 3.72. The third kappa shape index (κ3) is 3.79. The molecule has 0 heterocycles. The van der Waals surface area contributed by atoms with Gasteiger partial charge in [0, 0.05) is 16.1 Å². The molecule has 3 aromatic rings. The number of halogens is 1. The third-order valence-electron chi connectivity index (χ3n) is 3.47. The second kappa shape index (κ2) is 7.12. The molecule has 0 aliphatic heterocycles. The molecule has 0 saturated carbocycles. The second-order valence-electron chi connectivity index (χ2n) is 5.09. The van der Waals surface area contributed by atoms with Crippen molar-refractivity contribution in [1.29, 1.82) is 0 Å². The molecule has 114 valence electrons. The number of Topliss-reactive ketones (excluding diaryl/α,β-unsaturated/α-hetero) is 1. The highest BCUT2D eigenvalue weighted by molar-refractivity contribution is 6.30. The topological polar surface area (TPSA) is 26.3 Å². The van der Waals surface area contributed by atoms with Crippen LogP contribution in [0.4, 0.5) is 0 Å². The average molecular weight is 323 g/mol. The quantitative estimate of drug-likeness (QED) is 0.592. The molecule has 23 heavy (non-hydrogen) atoms. The number of carbonyl (C=O) groups excluding carboxylic acids is 1. The first kappa shape index (κ1) is 15.3. The molecule has 0 aliphatic carbocycles. The fraction of sp³-hybridized carbons (Fsp3) is 0.0500. The molecule has 3 rings (SSSR count). The van der Waals surface area contributed by atoms with Crippen molar-refractivity contribution >= 4 is 17.4 Å². The molecule has 0 aromatic heterocycles. The van der Waals surface area contributed by atoms with Crippen molar-refractivity contribution in [2.45, 2.75) is 6.10 Å². The zero-order valence-corrected chi connectivity index (χ0v) is 13.1. The van der Waals surface area contributed by atoms with E-state index in [1.807, 2.05) is 48.5 Å². The maximum atomic E-state index is 12.9. The molecule has 0 N–H and O–H groups in total. The van der Waals surface area contributed by atoms with Crippen LogP contribution in [0.25, 0.3) is 0 Å². The summed E-state index contributed by atoms with van der Waals surface area (Å²) in [5.74, 6) is 0.527. The Bertz CT molecular complexity index is 768. The SMILES string of the molecule is O=C(c1ccccc1)C(Oc1ccc(Cl)cc1)c1ccccc1. The van der Waals surface area contributed by atoms with E-state index in [0.717, 1.165) is 5.56 Å². The summed E-state index contributed by atoms with van der Waals surface area (Å²) in [7, 11) is 0. The van der Waals surface area contributed by atoms with Gasteiger partial charge in [0.2, 0.25) is 5.78 Å². The highest BCUT2D eigenvalue weighted by Gasteiger charge is 2.23. The van der Waals surface area contributed by atoms with E-state index >= 15 is 0 Å². The van der Waals surface area contributed by atoms with Crippen molar-refractivity contribution in [2.75, 3.05) is 0 Å². The molecule has 1 unspecified atom stereocenters. The van der Waals surface area contributed by atoms with E-state index in [9.17, 15) is 4.79 Å². The van der Waals surface area contributed by atoms with E-state index in [4.69, 9.17) is 16.3 Å². The van der Waals surface area contributed by atoms with Gasteiger partial charge >= 0.3 is 0 Å². The molecule has 0 aliphatic rings. The molecule has 0 bridgehead atoms. The van der Waals surface area contributed by atoms with Crippen LogP contribution in [-0.2, 0) is 0 Å². The number of ketones is 1. The van der Waals surface area contributed by atoms with E-state index in [1.165, 1.54) is 0 Å². The summed E-state index contributed by atoms with van der Waals surface area (Å²) in [4.78, 5) is 12.9. The summed E-state index contributed by atoms with van der Waals surface area (Å²) in [6.07, 6.45) is -0.695. The summed E-state index contributed by atoms with van der Waals surface area (Å²) >= 11 is 5.90. The Morgan fingerprint density at radius 2 is 1.35 bits per heavy atom. The van der Waals surface area contributed by atoms with Crippen molar-refractivity contribution in [1.82, 2.24) is 0 Å². The lowest BCUT2D eigenvalue weighted by molar-refractivity contribution is 0.0792. The molecule has 0 radical (unpaired) electrons. The van der Waals surface area contributed by atoms with E-state index in [2.05, 4.69) is 0 Å². The lowest BCUT2D eigenvalue weighted by Gasteiger charge is -2.18. The molecule has 0 saturated heterocycles. The monoisotopic (exact) mass is 322 g/mol. The Hall–Kier alpha value is -2.58. The smallest absolute Gasteiger partial charge is 0.207 e. The number of hydrogen-bond donors (Lipinski definition) is 0. The van der Waals surface area contributed by atoms with Gasteiger partial charge in [0.25, 0.3) is 0 Å². The average Bonchev–Trinajstić information content (AvgIpc) is 2.62. The van der Waals surface area contributed by atoms with Crippen LogP contribution in [-0.4, -0.2) is 5.78 Å². The van der Waals surface area contributed by atoms with Crippen molar-refractivity contribution in [3.8, 4) is 5.75 Å². The standard InChI is InChI=1S/C20H15ClO2/c21-17-11-13-18(14-12-17)23-20(16-9-5-2-6-10-16)19(22)15-7-3-1-4-8-15/h1-14,20H. The van der Waals surface area contributed by atoms with Gasteiger partial charge in [0.1, 0.15) is 5.75 Å². The van der Waals surface area contributed by atoms with Crippen molar-refractivity contribution in [3.05, 3.63) is 101 Å². The molecule has 0 fully saturated rings.